The summed E-state index contributed by atoms with van der Waals surface area (Å²) in [6, 6.07) is 5.53. The van der Waals surface area contributed by atoms with Gasteiger partial charge in [-0.3, -0.25) is 9.59 Å². The van der Waals surface area contributed by atoms with Gasteiger partial charge >= 0.3 is 0 Å². The minimum absolute atomic E-state index is 0.0129. The monoisotopic (exact) mass is 362 g/mol. The summed E-state index contributed by atoms with van der Waals surface area (Å²) in [5.74, 6) is 1.93. The number of rotatable bonds is 7. The molecule has 26 heavy (non-hydrogen) atoms. The molecule has 0 aliphatic carbocycles. The lowest BCUT2D eigenvalue weighted by Gasteiger charge is -2.31. The SMILES string of the molecule is COc1ccc(CC(=O)N2CCC(C(=O)NCC(C)C)CC2)cc1OC. The van der Waals surface area contributed by atoms with Crippen molar-refractivity contribution in [3.63, 3.8) is 0 Å². The number of nitrogens with zero attached hydrogens (tertiary/aromatic N) is 1. The molecule has 0 atom stereocenters. The van der Waals surface area contributed by atoms with Crippen molar-refractivity contribution in [3.05, 3.63) is 23.8 Å². The van der Waals surface area contributed by atoms with Gasteiger partial charge in [-0.05, 0) is 36.5 Å². The van der Waals surface area contributed by atoms with Gasteiger partial charge in [0.1, 0.15) is 0 Å². The molecule has 1 aromatic rings. The number of carbonyl (C=O) groups is 2. The van der Waals surface area contributed by atoms with Crippen LogP contribution in [0.1, 0.15) is 32.3 Å². The summed E-state index contributed by atoms with van der Waals surface area (Å²) in [6.45, 7) is 6.13. The quantitative estimate of drug-likeness (QED) is 0.808. The minimum atomic E-state index is 0.0129. The van der Waals surface area contributed by atoms with E-state index in [1.54, 1.807) is 14.2 Å². The van der Waals surface area contributed by atoms with Gasteiger partial charge in [-0.1, -0.05) is 19.9 Å². The zero-order valence-corrected chi connectivity index (χ0v) is 16.2. The van der Waals surface area contributed by atoms with Gasteiger partial charge < -0.3 is 19.7 Å². The molecule has 6 heteroatoms. The maximum atomic E-state index is 12.6. The molecule has 1 aliphatic rings. The third-order valence-electron chi connectivity index (χ3n) is 4.71. The number of likely N-dealkylation sites (tertiary alicyclic amines) is 1. The lowest BCUT2D eigenvalue weighted by Crippen LogP contribution is -2.44. The summed E-state index contributed by atoms with van der Waals surface area (Å²) < 4.78 is 10.5. The molecule has 1 aliphatic heterocycles. The second-order valence-corrected chi connectivity index (χ2v) is 7.16. The first-order valence-electron chi connectivity index (χ1n) is 9.21. The Morgan fingerprint density at radius 3 is 2.38 bits per heavy atom. The fourth-order valence-electron chi connectivity index (χ4n) is 3.12. The Bertz CT molecular complexity index is 622. The van der Waals surface area contributed by atoms with Gasteiger partial charge in [0, 0.05) is 25.6 Å². The number of ether oxygens (including phenoxy) is 2. The number of amides is 2. The number of carbonyl (C=O) groups excluding carboxylic acids is 2. The Kier molecular flexibility index (Phi) is 7.30. The second-order valence-electron chi connectivity index (χ2n) is 7.16. The number of methoxy groups -OCH3 is 2. The van der Waals surface area contributed by atoms with Crippen molar-refractivity contribution in [2.75, 3.05) is 33.9 Å². The van der Waals surface area contributed by atoms with E-state index in [4.69, 9.17) is 9.47 Å². The van der Waals surface area contributed by atoms with Crippen molar-refractivity contribution in [2.24, 2.45) is 11.8 Å². The van der Waals surface area contributed by atoms with Crippen molar-refractivity contribution >= 4 is 11.8 Å². The van der Waals surface area contributed by atoms with E-state index in [0.29, 0.717) is 43.5 Å². The standard InChI is InChI=1S/C20H30N2O4/c1-14(2)13-21-20(24)16-7-9-22(10-8-16)19(23)12-15-5-6-17(25-3)18(11-15)26-4/h5-6,11,14,16H,7-10,12-13H2,1-4H3,(H,21,24). The predicted molar refractivity (Wildman–Crippen MR) is 100 cm³/mol. The highest BCUT2D eigenvalue weighted by atomic mass is 16.5. The Balaban J connectivity index is 1.86. The lowest BCUT2D eigenvalue weighted by molar-refractivity contribution is -0.135. The molecule has 0 bridgehead atoms. The minimum Gasteiger partial charge on any atom is -0.493 e. The highest BCUT2D eigenvalue weighted by molar-refractivity contribution is 5.81. The summed E-state index contributed by atoms with van der Waals surface area (Å²) in [4.78, 5) is 26.6. The van der Waals surface area contributed by atoms with Gasteiger partial charge in [-0.2, -0.15) is 0 Å². The van der Waals surface area contributed by atoms with Crippen LogP contribution in [0.5, 0.6) is 11.5 Å². The third kappa shape index (κ3) is 5.38. The zero-order valence-electron chi connectivity index (χ0n) is 16.2. The number of hydrogen-bond donors (Lipinski definition) is 1. The highest BCUT2D eigenvalue weighted by Crippen LogP contribution is 2.28. The van der Waals surface area contributed by atoms with Gasteiger partial charge in [0.25, 0.3) is 0 Å². The first kappa shape index (κ1) is 20.1. The number of hydrogen-bond acceptors (Lipinski definition) is 4. The van der Waals surface area contributed by atoms with Crippen LogP contribution >= 0.6 is 0 Å². The van der Waals surface area contributed by atoms with Crippen molar-refractivity contribution in [1.29, 1.82) is 0 Å². The Labute approximate surface area is 155 Å². The largest absolute Gasteiger partial charge is 0.493 e. The second kappa shape index (κ2) is 9.46. The molecule has 1 fully saturated rings. The van der Waals surface area contributed by atoms with Gasteiger partial charge in [0.2, 0.25) is 11.8 Å². The van der Waals surface area contributed by atoms with Crippen LogP contribution in [0.15, 0.2) is 18.2 Å². The van der Waals surface area contributed by atoms with Crippen LogP contribution in [-0.4, -0.2) is 50.6 Å². The third-order valence-corrected chi connectivity index (χ3v) is 4.71. The van der Waals surface area contributed by atoms with E-state index in [9.17, 15) is 9.59 Å². The first-order valence-corrected chi connectivity index (χ1v) is 9.21. The van der Waals surface area contributed by atoms with Crippen molar-refractivity contribution in [1.82, 2.24) is 10.2 Å². The summed E-state index contributed by atoms with van der Waals surface area (Å²) in [5, 5.41) is 2.99. The first-order chi connectivity index (χ1) is 12.4. The summed E-state index contributed by atoms with van der Waals surface area (Å²) >= 11 is 0. The molecule has 1 saturated heterocycles. The fourth-order valence-corrected chi connectivity index (χ4v) is 3.12. The van der Waals surface area contributed by atoms with Crippen molar-refractivity contribution < 1.29 is 19.1 Å². The van der Waals surface area contributed by atoms with Crippen LogP contribution in [0.2, 0.25) is 0 Å². The van der Waals surface area contributed by atoms with Crippen LogP contribution in [0.25, 0.3) is 0 Å². The van der Waals surface area contributed by atoms with Crippen LogP contribution in [0.4, 0.5) is 0 Å². The molecule has 1 N–H and O–H groups in total. The van der Waals surface area contributed by atoms with Crippen LogP contribution in [0.3, 0.4) is 0 Å². The van der Waals surface area contributed by atoms with Gasteiger partial charge in [-0.15, -0.1) is 0 Å². The maximum Gasteiger partial charge on any atom is 0.226 e. The van der Waals surface area contributed by atoms with E-state index in [1.807, 2.05) is 23.1 Å². The number of nitrogens with one attached hydrogen (secondary N) is 1. The molecule has 1 aromatic carbocycles. The average molecular weight is 362 g/mol. The normalized spacial score (nSPS) is 15.0. The number of benzene rings is 1. The van der Waals surface area contributed by atoms with Crippen LogP contribution in [-0.2, 0) is 16.0 Å². The highest BCUT2D eigenvalue weighted by Gasteiger charge is 2.27. The van der Waals surface area contributed by atoms with E-state index in [-0.39, 0.29) is 17.7 Å². The van der Waals surface area contributed by atoms with Crippen LogP contribution < -0.4 is 14.8 Å². The Morgan fingerprint density at radius 1 is 1.15 bits per heavy atom. The molecular weight excluding hydrogens is 332 g/mol. The van der Waals surface area contributed by atoms with Gasteiger partial charge in [-0.25, -0.2) is 0 Å². The van der Waals surface area contributed by atoms with Gasteiger partial charge in [0.15, 0.2) is 11.5 Å². The molecule has 1 heterocycles. The van der Waals surface area contributed by atoms with Crippen molar-refractivity contribution in [2.45, 2.75) is 33.1 Å². The number of piperidine rings is 1. The van der Waals surface area contributed by atoms with E-state index < -0.39 is 0 Å². The summed E-state index contributed by atoms with van der Waals surface area (Å²) in [5.41, 5.74) is 0.893. The average Bonchev–Trinajstić information content (AvgIpc) is 2.65. The fraction of sp³-hybridized carbons (Fsp3) is 0.600. The smallest absolute Gasteiger partial charge is 0.226 e. The molecule has 6 nitrogen and oxygen atoms in total. The molecule has 0 unspecified atom stereocenters. The molecule has 0 aromatic heterocycles. The maximum absolute atomic E-state index is 12.6. The van der Waals surface area contributed by atoms with E-state index in [0.717, 1.165) is 18.4 Å². The summed E-state index contributed by atoms with van der Waals surface area (Å²) in [6.07, 6.45) is 1.77. The molecule has 0 saturated carbocycles. The molecule has 2 rings (SSSR count). The molecule has 144 valence electrons. The molecule has 2 amide bonds. The van der Waals surface area contributed by atoms with Crippen LogP contribution in [0, 0.1) is 11.8 Å². The van der Waals surface area contributed by atoms with E-state index in [2.05, 4.69) is 19.2 Å². The molecule has 0 spiro atoms. The summed E-state index contributed by atoms with van der Waals surface area (Å²) in [7, 11) is 3.17. The topological polar surface area (TPSA) is 67.9 Å². The van der Waals surface area contributed by atoms with E-state index in [1.165, 1.54) is 0 Å². The predicted octanol–water partition coefficient (Wildman–Crippen LogP) is 2.26. The zero-order chi connectivity index (χ0) is 19.1. The van der Waals surface area contributed by atoms with Gasteiger partial charge in [0.05, 0.1) is 20.6 Å². The Hall–Kier alpha value is -2.24. The lowest BCUT2D eigenvalue weighted by atomic mass is 9.95. The van der Waals surface area contributed by atoms with E-state index >= 15 is 0 Å². The van der Waals surface area contributed by atoms with Crippen molar-refractivity contribution in [3.8, 4) is 11.5 Å². The Morgan fingerprint density at radius 2 is 1.81 bits per heavy atom. The molecule has 0 radical (unpaired) electrons. The molecular formula is C20H30N2O4.